The molecule has 0 fully saturated rings. The Hall–Kier alpha value is -0.350. The number of ether oxygens (including phenoxy) is 1. The SMILES string of the molecule is CCSC(=CC=CC(=O)OC)SCC. The van der Waals surface area contributed by atoms with Crippen LogP contribution in [0.15, 0.2) is 22.5 Å². The normalized spacial score (nSPS) is 10.2. The molecule has 80 valence electrons. The molecule has 4 heteroatoms. The van der Waals surface area contributed by atoms with E-state index >= 15 is 0 Å². The van der Waals surface area contributed by atoms with Crippen LogP contribution in [0.5, 0.6) is 0 Å². The Bertz CT molecular complexity index is 214. The van der Waals surface area contributed by atoms with Gasteiger partial charge in [-0.25, -0.2) is 4.79 Å². The van der Waals surface area contributed by atoms with E-state index < -0.39 is 0 Å². The van der Waals surface area contributed by atoms with Gasteiger partial charge in [-0.3, -0.25) is 0 Å². The van der Waals surface area contributed by atoms with Crippen LogP contribution in [0.2, 0.25) is 0 Å². The molecule has 0 aromatic heterocycles. The Morgan fingerprint density at radius 1 is 1.29 bits per heavy atom. The third kappa shape index (κ3) is 7.09. The first-order chi connectivity index (χ1) is 6.74. The Morgan fingerprint density at radius 3 is 2.29 bits per heavy atom. The van der Waals surface area contributed by atoms with Gasteiger partial charge in [-0.15, -0.1) is 23.5 Å². The zero-order valence-electron chi connectivity index (χ0n) is 8.78. The van der Waals surface area contributed by atoms with E-state index in [2.05, 4.69) is 18.6 Å². The highest BCUT2D eigenvalue weighted by atomic mass is 32.2. The molecule has 0 amide bonds. The van der Waals surface area contributed by atoms with E-state index in [0.29, 0.717) is 0 Å². The molecule has 0 aromatic rings. The molecule has 0 heterocycles. The van der Waals surface area contributed by atoms with Crippen molar-refractivity contribution >= 4 is 29.5 Å². The zero-order chi connectivity index (χ0) is 10.8. The van der Waals surface area contributed by atoms with Crippen molar-refractivity contribution in [1.82, 2.24) is 0 Å². The molecule has 0 radical (unpaired) electrons. The minimum atomic E-state index is -0.316. The Morgan fingerprint density at radius 2 is 1.86 bits per heavy atom. The van der Waals surface area contributed by atoms with Crippen molar-refractivity contribution in [2.45, 2.75) is 13.8 Å². The van der Waals surface area contributed by atoms with Crippen LogP contribution in [-0.2, 0) is 9.53 Å². The number of carbonyl (C=O) groups excluding carboxylic acids is 1. The first kappa shape index (κ1) is 13.7. The van der Waals surface area contributed by atoms with Crippen LogP contribution in [0.4, 0.5) is 0 Å². The lowest BCUT2D eigenvalue weighted by Crippen LogP contribution is -1.92. The molecule has 0 bridgehead atoms. The van der Waals surface area contributed by atoms with E-state index in [4.69, 9.17) is 0 Å². The molecule has 0 aromatic carbocycles. The smallest absolute Gasteiger partial charge is 0.330 e. The molecular weight excluding hydrogens is 216 g/mol. The van der Waals surface area contributed by atoms with Crippen molar-refractivity contribution in [3.05, 3.63) is 22.5 Å². The van der Waals surface area contributed by atoms with Gasteiger partial charge in [0.15, 0.2) is 0 Å². The standard InChI is InChI=1S/C10H16O2S2/c1-4-13-10(14-5-2)8-6-7-9(11)12-3/h6-8H,4-5H2,1-3H3. The van der Waals surface area contributed by atoms with Crippen molar-refractivity contribution in [3.63, 3.8) is 0 Å². The monoisotopic (exact) mass is 232 g/mol. The molecule has 0 saturated carbocycles. The lowest BCUT2D eigenvalue weighted by Gasteiger charge is -2.00. The highest BCUT2D eigenvalue weighted by Crippen LogP contribution is 2.27. The van der Waals surface area contributed by atoms with Crippen LogP contribution in [0.25, 0.3) is 0 Å². The van der Waals surface area contributed by atoms with E-state index in [1.807, 2.05) is 6.08 Å². The predicted octanol–water partition coefficient (Wildman–Crippen LogP) is 3.06. The molecule has 0 spiro atoms. The van der Waals surface area contributed by atoms with Gasteiger partial charge in [0.05, 0.1) is 7.11 Å². The van der Waals surface area contributed by atoms with E-state index in [1.165, 1.54) is 17.4 Å². The fraction of sp³-hybridized carbons (Fsp3) is 0.500. The van der Waals surface area contributed by atoms with Crippen LogP contribution < -0.4 is 0 Å². The van der Waals surface area contributed by atoms with Gasteiger partial charge in [-0.1, -0.05) is 19.9 Å². The minimum absolute atomic E-state index is 0.316. The van der Waals surface area contributed by atoms with Gasteiger partial charge in [0.2, 0.25) is 0 Å². The van der Waals surface area contributed by atoms with Crippen molar-refractivity contribution in [2.24, 2.45) is 0 Å². The van der Waals surface area contributed by atoms with Gasteiger partial charge in [0.1, 0.15) is 0 Å². The van der Waals surface area contributed by atoms with Crippen molar-refractivity contribution in [3.8, 4) is 0 Å². The minimum Gasteiger partial charge on any atom is -0.466 e. The number of thioether (sulfide) groups is 2. The van der Waals surface area contributed by atoms with Crippen LogP contribution in [0.1, 0.15) is 13.8 Å². The first-order valence-corrected chi connectivity index (χ1v) is 6.43. The predicted molar refractivity (Wildman–Crippen MR) is 65.5 cm³/mol. The molecular formula is C10H16O2S2. The molecule has 0 aliphatic rings. The number of methoxy groups -OCH3 is 1. The molecule has 0 rings (SSSR count). The molecule has 2 nitrogen and oxygen atoms in total. The molecule has 0 aliphatic carbocycles. The van der Waals surface area contributed by atoms with Crippen LogP contribution in [-0.4, -0.2) is 24.6 Å². The third-order valence-corrected chi connectivity index (χ3v) is 3.36. The molecule has 0 unspecified atom stereocenters. The lowest BCUT2D eigenvalue weighted by molar-refractivity contribution is -0.134. The quantitative estimate of drug-likeness (QED) is 0.399. The summed E-state index contributed by atoms with van der Waals surface area (Å²) in [6.45, 7) is 4.22. The van der Waals surface area contributed by atoms with Gasteiger partial charge >= 0.3 is 5.97 Å². The van der Waals surface area contributed by atoms with Crippen LogP contribution in [0, 0.1) is 0 Å². The summed E-state index contributed by atoms with van der Waals surface area (Å²) in [6.07, 6.45) is 5.10. The van der Waals surface area contributed by atoms with Crippen molar-refractivity contribution in [1.29, 1.82) is 0 Å². The van der Waals surface area contributed by atoms with E-state index in [-0.39, 0.29) is 5.97 Å². The fourth-order valence-electron chi connectivity index (χ4n) is 0.696. The number of rotatable bonds is 6. The summed E-state index contributed by atoms with van der Waals surface area (Å²) < 4.78 is 5.71. The Kier molecular flexibility index (Phi) is 8.98. The number of hydrogen-bond donors (Lipinski definition) is 0. The Labute approximate surface area is 94.2 Å². The van der Waals surface area contributed by atoms with Crippen molar-refractivity contribution < 1.29 is 9.53 Å². The highest BCUT2D eigenvalue weighted by molar-refractivity contribution is 8.22. The second kappa shape index (κ2) is 9.21. The maximum Gasteiger partial charge on any atom is 0.330 e. The van der Waals surface area contributed by atoms with Gasteiger partial charge in [-0.05, 0) is 17.6 Å². The summed E-state index contributed by atoms with van der Waals surface area (Å²) in [5, 5.41) is 0. The summed E-state index contributed by atoms with van der Waals surface area (Å²) in [5.41, 5.74) is 0. The summed E-state index contributed by atoms with van der Waals surface area (Å²) in [6, 6.07) is 0. The zero-order valence-corrected chi connectivity index (χ0v) is 10.4. The van der Waals surface area contributed by atoms with Gasteiger partial charge in [-0.2, -0.15) is 0 Å². The summed E-state index contributed by atoms with van der Waals surface area (Å²) in [5.74, 6) is 1.78. The number of esters is 1. The second-order valence-electron chi connectivity index (χ2n) is 2.23. The maximum absolute atomic E-state index is 10.8. The fourth-order valence-corrected chi connectivity index (χ4v) is 2.65. The van der Waals surface area contributed by atoms with Crippen molar-refractivity contribution in [2.75, 3.05) is 18.6 Å². The lowest BCUT2D eigenvalue weighted by atomic mass is 10.5. The second-order valence-corrected chi connectivity index (χ2v) is 5.10. The van der Waals surface area contributed by atoms with E-state index in [1.54, 1.807) is 29.6 Å². The third-order valence-electron chi connectivity index (χ3n) is 1.24. The van der Waals surface area contributed by atoms with E-state index in [9.17, 15) is 4.79 Å². The largest absolute Gasteiger partial charge is 0.466 e. The van der Waals surface area contributed by atoms with Crippen LogP contribution >= 0.6 is 23.5 Å². The van der Waals surface area contributed by atoms with Gasteiger partial charge in [0, 0.05) is 10.3 Å². The summed E-state index contributed by atoms with van der Waals surface area (Å²) in [4.78, 5) is 10.8. The summed E-state index contributed by atoms with van der Waals surface area (Å²) in [7, 11) is 1.37. The highest BCUT2D eigenvalue weighted by Gasteiger charge is 1.94. The molecule has 0 atom stereocenters. The molecule has 0 N–H and O–H groups in total. The summed E-state index contributed by atoms with van der Waals surface area (Å²) >= 11 is 3.56. The maximum atomic E-state index is 10.8. The van der Waals surface area contributed by atoms with Gasteiger partial charge < -0.3 is 4.74 Å². The Balaban J connectivity index is 4.13. The topological polar surface area (TPSA) is 26.3 Å². The first-order valence-electron chi connectivity index (χ1n) is 4.46. The van der Waals surface area contributed by atoms with Gasteiger partial charge in [0.25, 0.3) is 0 Å². The number of hydrogen-bond acceptors (Lipinski definition) is 4. The molecule has 0 aliphatic heterocycles. The number of carbonyl (C=O) groups is 1. The van der Waals surface area contributed by atoms with E-state index in [0.717, 1.165) is 11.5 Å². The average molecular weight is 232 g/mol. The van der Waals surface area contributed by atoms with Crippen LogP contribution in [0.3, 0.4) is 0 Å². The molecule has 14 heavy (non-hydrogen) atoms. The number of allylic oxidation sites excluding steroid dienone is 2. The molecule has 0 saturated heterocycles. The average Bonchev–Trinajstić information content (AvgIpc) is 2.18.